The normalized spacial score (nSPS) is 10.5. The number of benzene rings is 2. The molecule has 3 rings (SSSR count). The molecule has 0 aliphatic carbocycles. The molecule has 0 bridgehead atoms. The molecule has 0 N–H and O–H groups in total. The fourth-order valence-corrected chi connectivity index (χ4v) is 2.54. The van der Waals surface area contributed by atoms with E-state index in [4.69, 9.17) is 21.1 Å². The molecule has 2 aromatic carbocycles. The fraction of sp³-hybridized carbons (Fsp3) is 0.158. The number of nitrogens with zero attached hydrogens (tertiary/aromatic N) is 2. The van der Waals surface area contributed by atoms with Gasteiger partial charge in [-0.25, -0.2) is 9.48 Å². The van der Waals surface area contributed by atoms with Crippen LogP contribution in [0.3, 0.4) is 0 Å². The Bertz CT molecular complexity index is 871. The molecule has 0 saturated carbocycles. The summed E-state index contributed by atoms with van der Waals surface area (Å²) >= 11 is 5.94. The Labute approximate surface area is 150 Å². The van der Waals surface area contributed by atoms with Crippen molar-refractivity contribution in [2.45, 2.75) is 6.92 Å². The number of hydrogen-bond donors (Lipinski definition) is 0. The largest absolute Gasteiger partial charge is 0.497 e. The molecule has 0 aliphatic rings. The maximum absolute atomic E-state index is 12.3. The monoisotopic (exact) mass is 356 g/mol. The number of halogens is 1. The van der Waals surface area contributed by atoms with Crippen molar-refractivity contribution in [3.63, 3.8) is 0 Å². The van der Waals surface area contributed by atoms with Gasteiger partial charge >= 0.3 is 5.97 Å². The summed E-state index contributed by atoms with van der Waals surface area (Å²) in [5.74, 6) is 0.303. The van der Waals surface area contributed by atoms with E-state index in [2.05, 4.69) is 5.10 Å². The minimum Gasteiger partial charge on any atom is -0.497 e. The van der Waals surface area contributed by atoms with Gasteiger partial charge in [0.15, 0.2) is 5.69 Å². The lowest BCUT2D eigenvalue weighted by Gasteiger charge is -2.07. The standard InChI is InChI=1S/C19H17ClN2O3/c1-3-25-19(23)18-12-17(13-4-6-14(20)7-5-13)21-22(18)15-8-10-16(24-2)11-9-15/h4-12H,3H2,1-2H3. The highest BCUT2D eigenvalue weighted by Crippen LogP contribution is 2.24. The zero-order valence-electron chi connectivity index (χ0n) is 13.9. The van der Waals surface area contributed by atoms with Crippen molar-refractivity contribution in [1.29, 1.82) is 0 Å². The first-order valence-electron chi connectivity index (χ1n) is 7.80. The number of hydrogen-bond acceptors (Lipinski definition) is 4. The van der Waals surface area contributed by atoms with E-state index in [0.717, 1.165) is 17.0 Å². The minimum atomic E-state index is -0.425. The SMILES string of the molecule is CCOC(=O)c1cc(-c2ccc(Cl)cc2)nn1-c1ccc(OC)cc1. The second-order valence-corrected chi connectivity index (χ2v) is 5.69. The van der Waals surface area contributed by atoms with Crippen LogP contribution in [-0.4, -0.2) is 29.5 Å². The van der Waals surface area contributed by atoms with Gasteiger partial charge in [0.05, 0.1) is 25.1 Å². The van der Waals surface area contributed by atoms with E-state index in [1.54, 1.807) is 36.9 Å². The van der Waals surface area contributed by atoms with Crippen LogP contribution in [0.2, 0.25) is 5.02 Å². The molecule has 1 heterocycles. The predicted octanol–water partition coefficient (Wildman–Crippen LogP) is 4.38. The van der Waals surface area contributed by atoms with Gasteiger partial charge < -0.3 is 9.47 Å². The quantitative estimate of drug-likeness (QED) is 0.637. The Morgan fingerprint density at radius 1 is 1.12 bits per heavy atom. The van der Waals surface area contributed by atoms with Gasteiger partial charge in [0, 0.05) is 10.6 Å². The van der Waals surface area contributed by atoms with Gasteiger partial charge in [-0.15, -0.1) is 0 Å². The topological polar surface area (TPSA) is 53.3 Å². The Morgan fingerprint density at radius 3 is 2.40 bits per heavy atom. The van der Waals surface area contributed by atoms with E-state index in [1.807, 2.05) is 36.4 Å². The third kappa shape index (κ3) is 3.67. The van der Waals surface area contributed by atoms with Gasteiger partial charge in [0.1, 0.15) is 5.75 Å². The lowest BCUT2D eigenvalue weighted by molar-refractivity contribution is 0.0516. The number of ether oxygens (including phenoxy) is 2. The molecule has 6 heteroatoms. The first kappa shape index (κ1) is 17.0. The van der Waals surface area contributed by atoms with E-state index in [1.165, 1.54) is 0 Å². The van der Waals surface area contributed by atoms with Crippen molar-refractivity contribution in [2.75, 3.05) is 13.7 Å². The highest BCUT2D eigenvalue weighted by atomic mass is 35.5. The van der Waals surface area contributed by atoms with Gasteiger partial charge in [0.25, 0.3) is 0 Å². The van der Waals surface area contributed by atoms with Crippen molar-refractivity contribution < 1.29 is 14.3 Å². The molecule has 0 amide bonds. The van der Waals surface area contributed by atoms with Crippen LogP contribution in [0.1, 0.15) is 17.4 Å². The van der Waals surface area contributed by atoms with Gasteiger partial charge in [0.2, 0.25) is 0 Å². The van der Waals surface area contributed by atoms with Crippen molar-refractivity contribution >= 4 is 17.6 Å². The summed E-state index contributed by atoms with van der Waals surface area (Å²) in [5.41, 5.74) is 2.62. The van der Waals surface area contributed by atoms with Gasteiger partial charge in [-0.3, -0.25) is 0 Å². The summed E-state index contributed by atoms with van der Waals surface area (Å²) in [5, 5.41) is 5.21. The van der Waals surface area contributed by atoms with Crippen LogP contribution in [0, 0.1) is 0 Å². The minimum absolute atomic E-state index is 0.295. The second kappa shape index (κ2) is 7.40. The van der Waals surface area contributed by atoms with E-state index in [0.29, 0.717) is 23.0 Å². The Hall–Kier alpha value is -2.79. The number of carbonyl (C=O) groups excluding carboxylic acids is 1. The molecule has 0 atom stereocenters. The van der Waals surface area contributed by atoms with Crippen molar-refractivity contribution in [1.82, 2.24) is 9.78 Å². The third-order valence-electron chi connectivity index (χ3n) is 3.65. The van der Waals surface area contributed by atoms with Crippen molar-refractivity contribution in [3.8, 4) is 22.7 Å². The van der Waals surface area contributed by atoms with E-state index >= 15 is 0 Å². The molecule has 3 aromatic rings. The predicted molar refractivity (Wildman–Crippen MR) is 96.5 cm³/mol. The molecule has 0 saturated heterocycles. The van der Waals surface area contributed by atoms with E-state index < -0.39 is 5.97 Å². The van der Waals surface area contributed by atoms with Crippen molar-refractivity contribution in [3.05, 3.63) is 65.3 Å². The lowest BCUT2D eigenvalue weighted by Crippen LogP contribution is -2.11. The maximum atomic E-state index is 12.3. The van der Waals surface area contributed by atoms with Crippen LogP contribution in [-0.2, 0) is 4.74 Å². The summed E-state index contributed by atoms with van der Waals surface area (Å²) in [6.07, 6.45) is 0. The molecular weight excluding hydrogens is 340 g/mol. The number of esters is 1. The summed E-state index contributed by atoms with van der Waals surface area (Å²) < 4.78 is 11.9. The second-order valence-electron chi connectivity index (χ2n) is 5.25. The zero-order chi connectivity index (χ0) is 17.8. The fourth-order valence-electron chi connectivity index (χ4n) is 2.41. The molecule has 5 nitrogen and oxygen atoms in total. The van der Waals surface area contributed by atoms with Crippen LogP contribution in [0.4, 0.5) is 0 Å². The number of rotatable bonds is 5. The van der Waals surface area contributed by atoms with Gasteiger partial charge in [-0.05, 0) is 49.4 Å². The van der Waals surface area contributed by atoms with Gasteiger partial charge in [-0.2, -0.15) is 5.10 Å². The van der Waals surface area contributed by atoms with Crippen LogP contribution >= 0.6 is 11.6 Å². The molecule has 128 valence electrons. The maximum Gasteiger partial charge on any atom is 0.357 e. The van der Waals surface area contributed by atoms with Crippen LogP contribution in [0.25, 0.3) is 16.9 Å². The Kier molecular flexibility index (Phi) is 5.05. The summed E-state index contributed by atoms with van der Waals surface area (Å²) in [6.45, 7) is 2.06. The van der Waals surface area contributed by atoms with Crippen LogP contribution in [0.5, 0.6) is 5.75 Å². The first-order chi connectivity index (χ1) is 12.1. The lowest BCUT2D eigenvalue weighted by atomic mass is 10.1. The van der Waals surface area contributed by atoms with Crippen LogP contribution < -0.4 is 4.74 Å². The van der Waals surface area contributed by atoms with Crippen molar-refractivity contribution in [2.24, 2.45) is 0 Å². The zero-order valence-corrected chi connectivity index (χ0v) is 14.7. The number of methoxy groups -OCH3 is 1. The van der Waals surface area contributed by atoms with E-state index in [-0.39, 0.29) is 0 Å². The smallest absolute Gasteiger partial charge is 0.357 e. The molecular formula is C19H17ClN2O3. The molecule has 0 unspecified atom stereocenters. The third-order valence-corrected chi connectivity index (χ3v) is 3.90. The average Bonchev–Trinajstić information content (AvgIpc) is 3.08. The average molecular weight is 357 g/mol. The molecule has 0 spiro atoms. The summed E-state index contributed by atoms with van der Waals surface area (Å²) in [7, 11) is 1.60. The van der Waals surface area contributed by atoms with Crippen LogP contribution in [0.15, 0.2) is 54.6 Å². The Morgan fingerprint density at radius 2 is 1.80 bits per heavy atom. The summed E-state index contributed by atoms with van der Waals surface area (Å²) in [4.78, 5) is 12.3. The first-order valence-corrected chi connectivity index (χ1v) is 8.17. The van der Waals surface area contributed by atoms with Gasteiger partial charge in [-0.1, -0.05) is 23.7 Å². The highest BCUT2D eigenvalue weighted by molar-refractivity contribution is 6.30. The molecule has 0 fully saturated rings. The molecule has 25 heavy (non-hydrogen) atoms. The molecule has 0 aliphatic heterocycles. The Balaban J connectivity index is 2.07. The molecule has 0 radical (unpaired) electrons. The summed E-state index contributed by atoms with van der Waals surface area (Å²) in [6, 6.07) is 16.3. The molecule has 1 aromatic heterocycles. The number of aromatic nitrogens is 2. The van der Waals surface area contributed by atoms with E-state index in [9.17, 15) is 4.79 Å². The highest BCUT2D eigenvalue weighted by Gasteiger charge is 2.18. The number of carbonyl (C=O) groups is 1.